The Morgan fingerprint density at radius 2 is 1.62 bits per heavy atom. The van der Waals surface area contributed by atoms with Crippen LogP contribution in [-0.4, -0.2) is 39.9 Å². The lowest BCUT2D eigenvalue weighted by molar-refractivity contribution is -0.00217. The summed E-state index contributed by atoms with van der Waals surface area (Å²) in [6, 6.07) is 7.92. The van der Waals surface area contributed by atoms with E-state index in [-0.39, 0.29) is 29.6 Å². The summed E-state index contributed by atoms with van der Waals surface area (Å²) in [5, 5.41) is 9.83. The van der Waals surface area contributed by atoms with Crippen LogP contribution in [-0.2, 0) is 15.8 Å². The van der Waals surface area contributed by atoms with Gasteiger partial charge in [-0.15, -0.1) is 0 Å². The first kappa shape index (κ1) is 23.2. The largest absolute Gasteiger partial charge is 0.497 e. The van der Waals surface area contributed by atoms with Gasteiger partial charge < -0.3 is 19.0 Å². The Morgan fingerprint density at radius 3 is 2.08 bits per heavy atom. The Hall–Kier alpha value is -0.883. The molecule has 0 amide bonds. The van der Waals surface area contributed by atoms with Crippen LogP contribution in [0.4, 0.5) is 0 Å². The van der Waals surface area contributed by atoms with Crippen molar-refractivity contribution in [2.75, 3.05) is 20.3 Å². The minimum Gasteiger partial charge on any atom is -0.497 e. The molecule has 0 saturated heterocycles. The van der Waals surface area contributed by atoms with E-state index in [0.29, 0.717) is 13.2 Å². The maximum Gasteiger partial charge on any atom is 0.192 e. The lowest BCUT2D eigenvalue weighted by Crippen LogP contribution is -2.48. The summed E-state index contributed by atoms with van der Waals surface area (Å²) >= 11 is 0. The van der Waals surface area contributed by atoms with Crippen LogP contribution in [0.2, 0.25) is 18.1 Å². The van der Waals surface area contributed by atoms with Crippen LogP contribution < -0.4 is 4.74 Å². The molecule has 3 atom stereocenters. The monoisotopic (exact) mass is 382 g/mol. The van der Waals surface area contributed by atoms with Crippen LogP contribution in [0.25, 0.3) is 0 Å². The molecule has 0 spiro atoms. The van der Waals surface area contributed by atoms with Crippen LogP contribution in [0.15, 0.2) is 24.3 Å². The number of rotatable bonds is 10. The zero-order valence-electron chi connectivity index (χ0n) is 17.8. The second-order valence-corrected chi connectivity index (χ2v) is 13.6. The van der Waals surface area contributed by atoms with E-state index in [9.17, 15) is 5.11 Å². The van der Waals surface area contributed by atoms with Crippen LogP contribution in [0, 0.1) is 11.8 Å². The van der Waals surface area contributed by atoms with Gasteiger partial charge in [-0.3, -0.25) is 0 Å². The summed E-state index contributed by atoms with van der Waals surface area (Å²) in [7, 11) is -0.239. The third-order valence-corrected chi connectivity index (χ3v) is 9.93. The first-order chi connectivity index (χ1) is 12.0. The molecule has 26 heavy (non-hydrogen) atoms. The second kappa shape index (κ2) is 9.88. The minimum absolute atomic E-state index is 0.00300. The van der Waals surface area contributed by atoms with Crippen molar-refractivity contribution in [3.05, 3.63) is 29.8 Å². The Balaban J connectivity index is 2.66. The predicted octanol–water partition coefficient (Wildman–Crippen LogP) is 4.87. The van der Waals surface area contributed by atoms with E-state index in [1.165, 1.54) is 0 Å². The Kier molecular flexibility index (Phi) is 8.80. The number of methoxy groups -OCH3 is 1. The van der Waals surface area contributed by atoms with Gasteiger partial charge in [-0.05, 0) is 35.8 Å². The topological polar surface area (TPSA) is 47.9 Å². The fourth-order valence-corrected chi connectivity index (χ4v) is 4.09. The van der Waals surface area contributed by atoms with Crippen molar-refractivity contribution in [3.8, 4) is 5.75 Å². The maximum absolute atomic E-state index is 9.69. The van der Waals surface area contributed by atoms with Crippen molar-refractivity contribution in [2.24, 2.45) is 11.8 Å². The van der Waals surface area contributed by atoms with Crippen LogP contribution in [0.3, 0.4) is 0 Å². The molecule has 1 N–H and O–H groups in total. The highest BCUT2D eigenvalue weighted by molar-refractivity contribution is 6.74. The van der Waals surface area contributed by atoms with E-state index >= 15 is 0 Å². The fraction of sp³-hybridized carbons (Fsp3) is 0.714. The Bertz CT molecular complexity index is 522. The van der Waals surface area contributed by atoms with E-state index in [1.54, 1.807) is 7.11 Å². The molecule has 1 rings (SSSR count). The van der Waals surface area contributed by atoms with E-state index in [4.69, 9.17) is 13.9 Å². The lowest BCUT2D eigenvalue weighted by atomic mass is 9.95. The average molecular weight is 383 g/mol. The standard InChI is InChI=1S/C21H38O4Si/c1-16(13-22)20(25-26(7,8)21(3,4)5)17(2)14-24-15-18-9-11-19(23-6)12-10-18/h9-12,16-17,20,22H,13-15H2,1-8H3/t16-,17-,20+/m0/s1. The zero-order valence-corrected chi connectivity index (χ0v) is 18.8. The summed E-state index contributed by atoms with van der Waals surface area (Å²) < 4.78 is 17.8. The zero-order chi connectivity index (χ0) is 20.0. The van der Waals surface area contributed by atoms with Gasteiger partial charge >= 0.3 is 0 Å². The molecule has 0 fully saturated rings. The number of ether oxygens (including phenoxy) is 2. The van der Waals surface area contributed by atoms with Crippen molar-refractivity contribution in [3.63, 3.8) is 0 Å². The van der Waals surface area contributed by atoms with Gasteiger partial charge in [0.15, 0.2) is 8.32 Å². The van der Waals surface area contributed by atoms with Gasteiger partial charge in [-0.2, -0.15) is 0 Å². The molecule has 0 saturated carbocycles. The minimum atomic E-state index is -1.90. The third kappa shape index (κ3) is 6.69. The molecule has 0 radical (unpaired) electrons. The van der Waals surface area contributed by atoms with E-state index in [2.05, 4.69) is 47.7 Å². The molecule has 0 heterocycles. The molecule has 0 aliphatic carbocycles. The van der Waals surface area contributed by atoms with E-state index < -0.39 is 8.32 Å². The molecule has 0 bridgehead atoms. The number of aliphatic hydroxyl groups is 1. The lowest BCUT2D eigenvalue weighted by Gasteiger charge is -2.42. The van der Waals surface area contributed by atoms with Crippen molar-refractivity contribution >= 4 is 8.32 Å². The van der Waals surface area contributed by atoms with E-state index in [0.717, 1.165) is 11.3 Å². The van der Waals surface area contributed by atoms with Crippen molar-refractivity contribution < 1.29 is 19.0 Å². The van der Waals surface area contributed by atoms with Crippen LogP contribution in [0.1, 0.15) is 40.2 Å². The van der Waals surface area contributed by atoms with Crippen molar-refractivity contribution in [1.82, 2.24) is 0 Å². The molecular weight excluding hydrogens is 344 g/mol. The Morgan fingerprint density at radius 1 is 1.04 bits per heavy atom. The molecular formula is C21H38O4Si. The molecule has 1 aromatic carbocycles. The van der Waals surface area contributed by atoms with Gasteiger partial charge in [0, 0.05) is 18.4 Å². The second-order valence-electron chi connectivity index (χ2n) is 8.84. The van der Waals surface area contributed by atoms with Crippen molar-refractivity contribution in [2.45, 2.75) is 65.5 Å². The maximum atomic E-state index is 9.69. The molecule has 5 heteroatoms. The quantitative estimate of drug-likeness (QED) is 0.587. The fourth-order valence-electron chi connectivity index (χ4n) is 2.59. The van der Waals surface area contributed by atoms with Crippen LogP contribution in [0.5, 0.6) is 5.75 Å². The summed E-state index contributed by atoms with van der Waals surface area (Å²) in [5.41, 5.74) is 1.12. The normalized spacial score (nSPS) is 16.2. The molecule has 1 aromatic rings. The summed E-state index contributed by atoms with van der Waals surface area (Å²) in [6.45, 7) is 16.7. The highest BCUT2D eigenvalue weighted by Crippen LogP contribution is 2.39. The smallest absolute Gasteiger partial charge is 0.192 e. The number of hydrogen-bond donors (Lipinski definition) is 1. The van der Waals surface area contributed by atoms with Gasteiger partial charge in [0.1, 0.15) is 5.75 Å². The summed E-state index contributed by atoms with van der Waals surface area (Å²) in [6.07, 6.45) is -0.00300. The first-order valence-corrected chi connectivity index (χ1v) is 12.4. The molecule has 0 unspecified atom stereocenters. The summed E-state index contributed by atoms with van der Waals surface area (Å²) in [5.74, 6) is 1.15. The molecule has 0 aliphatic rings. The highest BCUT2D eigenvalue weighted by Gasteiger charge is 2.41. The number of aliphatic hydroxyl groups excluding tert-OH is 1. The van der Waals surface area contributed by atoms with Gasteiger partial charge in [0.2, 0.25) is 0 Å². The van der Waals surface area contributed by atoms with E-state index in [1.807, 2.05) is 24.3 Å². The van der Waals surface area contributed by atoms with Gasteiger partial charge in [0.25, 0.3) is 0 Å². The number of hydrogen-bond acceptors (Lipinski definition) is 4. The molecule has 0 aliphatic heterocycles. The molecule has 150 valence electrons. The third-order valence-electron chi connectivity index (χ3n) is 5.46. The van der Waals surface area contributed by atoms with Gasteiger partial charge in [-0.1, -0.05) is 46.8 Å². The summed E-state index contributed by atoms with van der Waals surface area (Å²) in [4.78, 5) is 0. The first-order valence-electron chi connectivity index (χ1n) is 9.51. The average Bonchev–Trinajstić information content (AvgIpc) is 2.58. The molecule has 4 nitrogen and oxygen atoms in total. The van der Waals surface area contributed by atoms with Crippen LogP contribution >= 0.6 is 0 Å². The number of benzene rings is 1. The predicted molar refractivity (Wildman–Crippen MR) is 110 cm³/mol. The highest BCUT2D eigenvalue weighted by atomic mass is 28.4. The van der Waals surface area contributed by atoms with Crippen molar-refractivity contribution in [1.29, 1.82) is 0 Å². The Labute approximate surface area is 161 Å². The SMILES string of the molecule is COc1ccc(COC[C@H](C)[C@H](O[Si](C)(C)C(C)(C)C)[C@@H](C)CO)cc1. The van der Waals surface area contributed by atoms with Gasteiger partial charge in [0.05, 0.1) is 26.4 Å². The van der Waals surface area contributed by atoms with Gasteiger partial charge in [-0.25, -0.2) is 0 Å². The molecule has 0 aromatic heterocycles.